The van der Waals surface area contributed by atoms with Gasteiger partial charge in [0, 0.05) is 17.7 Å². The van der Waals surface area contributed by atoms with Crippen LogP contribution in [0.5, 0.6) is 11.6 Å². The molecule has 3 heterocycles. The van der Waals surface area contributed by atoms with Gasteiger partial charge in [0.1, 0.15) is 17.3 Å². The summed E-state index contributed by atoms with van der Waals surface area (Å²) in [5.41, 5.74) is 6.85. The third kappa shape index (κ3) is 2.85. The van der Waals surface area contributed by atoms with E-state index < -0.39 is 5.91 Å². The molecule has 0 saturated carbocycles. The molecule has 2 amide bonds. The average molecular weight is 333 g/mol. The quantitative estimate of drug-likeness (QED) is 0.830. The number of nitrogens with zero attached hydrogens (tertiary/aromatic N) is 1. The summed E-state index contributed by atoms with van der Waals surface area (Å²) in [5.74, 6) is 0.0162. The van der Waals surface area contributed by atoms with Crippen LogP contribution in [0.25, 0.3) is 10.2 Å². The minimum absolute atomic E-state index is 0.0130. The molecule has 7 nitrogen and oxygen atoms in total. The van der Waals surface area contributed by atoms with Crippen LogP contribution in [0, 0.1) is 5.92 Å². The number of pyridine rings is 1. The van der Waals surface area contributed by atoms with Crippen molar-refractivity contribution in [3.05, 3.63) is 29.0 Å². The second kappa shape index (κ2) is 5.88. The Hall–Kier alpha value is -2.61. The maximum absolute atomic E-state index is 11.5. The van der Waals surface area contributed by atoms with Crippen LogP contribution in [0.4, 0.5) is 0 Å². The van der Waals surface area contributed by atoms with Gasteiger partial charge in [0.2, 0.25) is 11.8 Å². The van der Waals surface area contributed by atoms with Gasteiger partial charge in [0.15, 0.2) is 5.75 Å². The topological polar surface area (TPSA) is 104 Å². The zero-order valence-corrected chi connectivity index (χ0v) is 13.4. The first-order chi connectivity index (χ1) is 11.0. The highest BCUT2D eigenvalue weighted by Crippen LogP contribution is 2.34. The van der Waals surface area contributed by atoms with Crippen LogP contribution in [0.15, 0.2) is 23.4 Å². The van der Waals surface area contributed by atoms with Crippen LogP contribution < -0.4 is 20.5 Å². The predicted octanol–water partition coefficient (Wildman–Crippen LogP) is 1.78. The molecule has 0 spiro atoms. The molecule has 3 N–H and O–H groups in total. The largest absolute Gasteiger partial charge is 0.480 e. The zero-order valence-electron chi connectivity index (χ0n) is 12.6. The average Bonchev–Trinajstić information content (AvgIpc) is 3.06. The molecule has 0 radical (unpaired) electrons. The van der Waals surface area contributed by atoms with E-state index in [1.807, 2.05) is 6.92 Å². The molecule has 0 bridgehead atoms. The van der Waals surface area contributed by atoms with Crippen LogP contribution in [0.2, 0.25) is 0 Å². The number of amides is 2. The van der Waals surface area contributed by atoms with Crippen molar-refractivity contribution < 1.29 is 19.1 Å². The lowest BCUT2D eigenvalue weighted by molar-refractivity contribution is -0.121. The molecule has 0 aliphatic carbocycles. The number of allylic oxidation sites excluding steroid dienone is 1. The number of methoxy groups -OCH3 is 1. The van der Waals surface area contributed by atoms with Gasteiger partial charge in [-0.15, -0.1) is 11.3 Å². The van der Waals surface area contributed by atoms with E-state index >= 15 is 0 Å². The van der Waals surface area contributed by atoms with E-state index in [2.05, 4.69) is 10.3 Å². The number of thiophene rings is 1. The van der Waals surface area contributed by atoms with Gasteiger partial charge in [0.05, 0.1) is 17.5 Å². The molecular formula is C15H15N3O4S. The third-order valence-electron chi connectivity index (χ3n) is 3.52. The van der Waals surface area contributed by atoms with Crippen molar-refractivity contribution in [1.29, 1.82) is 0 Å². The summed E-state index contributed by atoms with van der Waals surface area (Å²) in [6.45, 7) is 1.86. The summed E-state index contributed by atoms with van der Waals surface area (Å²) in [6, 6.07) is 1.63. The standard InChI is InChI=1S/C15H15N3O4S/c1-7-3-8(17-14(7)20)5-22-10-6-23-11-4-9(13(16)19)15(21-2)18-12(10)11/h4-7H,3H2,1-2H3,(H2,16,19)(H,17,20)/b8-5-. The SMILES string of the molecule is COc1nc2c(O/C=C3/CC(C)C(=O)N3)csc2cc1C(N)=O. The summed E-state index contributed by atoms with van der Waals surface area (Å²) in [6.07, 6.45) is 2.13. The number of carbonyl (C=O) groups is 2. The molecule has 2 aromatic rings. The van der Waals surface area contributed by atoms with Crippen LogP contribution >= 0.6 is 11.3 Å². The summed E-state index contributed by atoms with van der Waals surface area (Å²) >= 11 is 1.38. The zero-order chi connectivity index (χ0) is 16.6. The van der Waals surface area contributed by atoms with E-state index in [4.69, 9.17) is 15.2 Å². The van der Waals surface area contributed by atoms with Gasteiger partial charge >= 0.3 is 0 Å². The van der Waals surface area contributed by atoms with Crippen molar-refractivity contribution >= 4 is 33.4 Å². The normalized spacial score (nSPS) is 19.1. The van der Waals surface area contributed by atoms with E-state index in [1.165, 1.54) is 24.7 Å². The Kier molecular flexibility index (Phi) is 3.91. The number of hydrogen-bond donors (Lipinski definition) is 2. The number of hydrogen-bond acceptors (Lipinski definition) is 6. The fraction of sp³-hybridized carbons (Fsp3) is 0.267. The number of nitrogens with one attached hydrogen (secondary N) is 1. The Morgan fingerprint density at radius 2 is 2.35 bits per heavy atom. The summed E-state index contributed by atoms with van der Waals surface area (Å²) in [7, 11) is 1.42. The van der Waals surface area contributed by atoms with E-state index in [-0.39, 0.29) is 23.3 Å². The van der Waals surface area contributed by atoms with Crippen molar-refractivity contribution in [3.63, 3.8) is 0 Å². The molecule has 0 aromatic carbocycles. The Labute approximate surface area is 136 Å². The lowest BCUT2D eigenvalue weighted by Gasteiger charge is -2.05. The van der Waals surface area contributed by atoms with Crippen molar-refractivity contribution in [3.8, 4) is 11.6 Å². The molecular weight excluding hydrogens is 318 g/mol. The molecule has 120 valence electrons. The van der Waals surface area contributed by atoms with Crippen molar-refractivity contribution in [1.82, 2.24) is 10.3 Å². The first kappa shape index (κ1) is 15.3. The van der Waals surface area contributed by atoms with Crippen LogP contribution in [0.1, 0.15) is 23.7 Å². The van der Waals surface area contributed by atoms with Crippen molar-refractivity contribution in [2.45, 2.75) is 13.3 Å². The van der Waals surface area contributed by atoms with E-state index in [0.29, 0.717) is 17.7 Å². The molecule has 1 aliphatic rings. The number of nitrogens with two attached hydrogens (primary N) is 1. The van der Waals surface area contributed by atoms with Crippen molar-refractivity contribution in [2.75, 3.05) is 7.11 Å². The Morgan fingerprint density at radius 1 is 1.57 bits per heavy atom. The first-order valence-corrected chi connectivity index (χ1v) is 7.80. The molecule has 8 heteroatoms. The molecule has 3 rings (SSSR count). The fourth-order valence-corrected chi connectivity index (χ4v) is 3.15. The number of fused-ring (bicyclic) bond motifs is 1. The van der Waals surface area contributed by atoms with Crippen LogP contribution in [-0.4, -0.2) is 23.9 Å². The number of primary amides is 1. The lowest BCUT2D eigenvalue weighted by Crippen LogP contribution is -2.16. The van der Waals surface area contributed by atoms with Gasteiger partial charge in [-0.1, -0.05) is 6.92 Å². The molecule has 1 atom stereocenters. The highest BCUT2D eigenvalue weighted by molar-refractivity contribution is 7.17. The fourth-order valence-electron chi connectivity index (χ4n) is 2.30. The minimum atomic E-state index is -0.600. The van der Waals surface area contributed by atoms with Gasteiger partial charge in [-0.3, -0.25) is 9.59 Å². The number of ether oxygens (including phenoxy) is 2. The predicted molar refractivity (Wildman–Crippen MR) is 85.3 cm³/mol. The Morgan fingerprint density at radius 3 is 2.96 bits per heavy atom. The smallest absolute Gasteiger partial charge is 0.254 e. The maximum atomic E-state index is 11.5. The monoisotopic (exact) mass is 333 g/mol. The molecule has 2 aromatic heterocycles. The third-order valence-corrected chi connectivity index (χ3v) is 4.42. The molecule has 1 unspecified atom stereocenters. The van der Waals surface area contributed by atoms with Gasteiger partial charge in [0.25, 0.3) is 5.91 Å². The number of rotatable bonds is 4. The molecule has 1 saturated heterocycles. The van der Waals surface area contributed by atoms with E-state index in [1.54, 1.807) is 11.4 Å². The summed E-state index contributed by atoms with van der Waals surface area (Å²) in [4.78, 5) is 27.2. The van der Waals surface area contributed by atoms with E-state index in [0.717, 1.165) is 10.4 Å². The molecule has 1 aliphatic heterocycles. The minimum Gasteiger partial charge on any atom is -0.480 e. The van der Waals surface area contributed by atoms with Crippen LogP contribution in [0.3, 0.4) is 0 Å². The lowest BCUT2D eigenvalue weighted by atomic mass is 10.1. The Bertz CT molecular complexity index is 827. The van der Waals surface area contributed by atoms with Gasteiger partial charge in [-0.2, -0.15) is 0 Å². The summed E-state index contributed by atoms with van der Waals surface area (Å²) < 4.78 is 11.5. The highest BCUT2D eigenvalue weighted by Gasteiger charge is 2.24. The van der Waals surface area contributed by atoms with Gasteiger partial charge < -0.3 is 20.5 Å². The number of aromatic nitrogens is 1. The highest BCUT2D eigenvalue weighted by atomic mass is 32.1. The number of carbonyl (C=O) groups excluding carboxylic acids is 2. The summed E-state index contributed by atoms with van der Waals surface area (Å²) in [5, 5.41) is 4.53. The molecule has 23 heavy (non-hydrogen) atoms. The first-order valence-electron chi connectivity index (χ1n) is 6.92. The van der Waals surface area contributed by atoms with E-state index in [9.17, 15) is 9.59 Å². The molecule has 1 fully saturated rings. The van der Waals surface area contributed by atoms with Crippen LogP contribution in [-0.2, 0) is 4.79 Å². The van der Waals surface area contributed by atoms with Gasteiger partial charge in [-0.25, -0.2) is 4.98 Å². The maximum Gasteiger partial charge on any atom is 0.254 e. The second-order valence-electron chi connectivity index (χ2n) is 5.21. The second-order valence-corrected chi connectivity index (χ2v) is 6.12. The Balaban J connectivity index is 1.92. The van der Waals surface area contributed by atoms with Gasteiger partial charge in [-0.05, 0) is 6.07 Å². The van der Waals surface area contributed by atoms with Crippen molar-refractivity contribution in [2.24, 2.45) is 11.7 Å².